The van der Waals surface area contributed by atoms with Gasteiger partial charge in [-0.1, -0.05) is 120 Å². The molecule has 0 aliphatic carbocycles. The molecule has 0 aliphatic heterocycles. The fraction of sp³-hybridized carbons (Fsp3) is 0.719. The minimum Gasteiger partial charge on any atom is -0.466 e. The summed E-state index contributed by atoms with van der Waals surface area (Å²) in [6.45, 7) is 5.01. The van der Waals surface area contributed by atoms with Crippen LogP contribution in [0.15, 0.2) is 48.6 Å². The second-order valence-corrected chi connectivity index (χ2v) is 9.34. The Bertz CT molecular complexity index is 527. The lowest BCUT2D eigenvalue weighted by molar-refractivity contribution is -0.143. The molecule has 0 radical (unpaired) electrons. The van der Waals surface area contributed by atoms with Gasteiger partial charge in [0.25, 0.3) is 0 Å². The van der Waals surface area contributed by atoms with Crippen LogP contribution in [0.25, 0.3) is 0 Å². The highest BCUT2D eigenvalue weighted by molar-refractivity contribution is 5.69. The molecule has 0 aromatic heterocycles. The van der Waals surface area contributed by atoms with Gasteiger partial charge in [0.1, 0.15) is 0 Å². The Kier molecular flexibility index (Phi) is 28.1. The number of allylic oxidation sites excluding steroid dienone is 8. The van der Waals surface area contributed by atoms with Crippen molar-refractivity contribution in [1.29, 1.82) is 0 Å². The molecule has 0 aliphatic rings. The van der Waals surface area contributed by atoms with Crippen molar-refractivity contribution in [2.24, 2.45) is 0 Å². The van der Waals surface area contributed by atoms with Crippen LogP contribution in [0, 0.1) is 0 Å². The number of rotatable bonds is 25. The van der Waals surface area contributed by atoms with Crippen molar-refractivity contribution < 1.29 is 9.53 Å². The van der Waals surface area contributed by atoms with Crippen molar-refractivity contribution in [3.8, 4) is 0 Å². The Labute approximate surface area is 213 Å². The van der Waals surface area contributed by atoms with Crippen LogP contribution in [0.4, 0.5) is 0 Å². The van der Waals surface area contributed by atoms with E-state index in [9.17, 15) is 4.79 Å². The van der Waals surface area contributed by atoms with E-state index in [0.717, 1.165) is 38.5 Å². The average Bonchev–Trinajstić information content (AvgIpc) is 2.84. The first-order valence-corrected chi connectivity index (χ1v) is 14.6. The zero-order valence-electron chi connectivity index (χ0n) is 22.8. The van der Waals surface area contributed by atoms with Gasteiger partial charge in [-0.3, -0.25) is 4.79 Å². The lowest BCUT2D eigenvalue weighted by atomic mass is 10.1. The highest BCUT2D eigenvalue weighted by atomic mass is 16.5. The van der Waals surface area contributed by atoms with E-state index in [1.54, 1.807) is 0 Å². The Morgan fingerprint density at radius 1 is 0.529 bits per heavy atom. The molecule has 0 aromatic rings. The number of hydrogen-bond donors (Lipinski definition) is 0. The molecule has 0 rings (SSSR count). The molecule has 0 heterocycles. The molecule has 0 saturated heterocycles. The molecule has 0 aromatic carbocycles. The predicted molar refractivity (Wildman–Crippen MR) is 151 cm³/mol. The van der Waals surface area contributed by atoms with Crippen LogP contribution >= 0.6 is 0 Å². The molecule has 0 N–H and O–H groups in total. The minimum absolute atomic E-state index is 0.00367. The van der Waals surface area contributed by atoms with Gasteiger partial charge in [0, 0.05) is 6.42 Å². The van der Waals surface area contributed by atoms with E-state index < -0.39 is 0 Å². The maximum atomic E-state index is 11.8. The number of ether oxygens (including phenoxy) is 1. The van der Waals surface area contributed by atoms with Gasteiger partial charge in [0.05, 0.1) is 6.61 Å². The van der Waals surface area contributed by atoms with Crippen LogP contribution in [-0.2, 0) is 9.53 Å². The quantitative estimate of drug-likeness (QED) is 0.0750. The Morgan fingerprint density at radius 2 is 1.00 bits per heavy atom. The van der Waals surface area contributed by atoms with E-state index in [0.29, 0.717) is 13.0 Å². The van der Waals surface area contributed by atoms with Gasteiger partial charge in [-0.15, -0.1) is 0 Å². The third kappa shape index (κ3) is 28.5. The molecule has 34 heavy (non-hydrogen) atoms. The first kappa shape index (κ1) is 32.4. The smallest absolute Gasteiger partial charge is 0.305 e. The largest absolute Gasteiger partial charge is 0.466 e. The monoisotopic (exact) mass is 472 g/mol. The van der Waals surface area contributed by atoms with Crippen molar-refractivity contribution in [3.05, 3.63) is 48.6 Å². The van der Waals surface area contributed by atoms with Gasteiger partial charge < -0.3 is 4.74 Å². The van der Waals surface area contributed by atoms with Crippen LogP contribution in [0.3, 0.4) is 0 Å². The summed E-state index contributed by atoms with van der Waals surface area (Å²) in [5, 5.41) is 0. The van der Waals surface area contributed by atoms with Gasteiger partial charge >= 0.3 is 5.97 Å². The summed E-state index contributed by atoms with van der Waals surface area (Å²) in [7, 11) is 0. The number of carbonyl (C=O) groups is 1. The molecule has 0 spiro atoms. The number of hydrogen-bond acceptors (Lipinski definition) is 2. The Morgan fingerprint density at radius 3 is 1.62 bits per heavy atom. The molecular formula is C32H56O2. The van der Waals surface area contributed by atoms with Crippen LogP contribution in [0.5, 0.6) is 0 Å². The highest BCUT2D eigenvalue weighted by Crippen LogP contribution is 2.10. The fourth-order valence-corrected chi connectivity index (χ4v) is 3.78. The summed E-state index contributed by atoms with van der Waals surface area (Å²) in [5.74, 6) is -0.00367. The maximum Gasteiger partial charge on any atom is 0.305 e. The van der Waals surface area contributed by atoms with Crippen molar-refractivity contribution in [3.63, 3.8) is 0 Å². The molecule has 0 unspecified atom stereocenters. The molecular weight excluding hydrogens is 416 g/mol. The first-order valence-electron chi connectivity index (χ1n) is 14.6. The highest BCUT2D eigenvalue weighted by Gasteiger charge is 2.02. The van der Waals surface area contributed by atoms with E-state index in [4.69, 9.17) is 4.74 Å². The summed E-state index contributed by atoms with van der Waals surface area (Å²) in [4.78, 5) is 11.8. The molecule has 0 atom stereocenters. The minimum atomic E-state index is -0.00367. The van der Waals surface area contributed by atoms with Gasteiger partial charge in [-0.2, -0.15) is 0 Å². The zero-order chi connectivity index (χ0) is 24.8. The van der Waals surface area contributed by atoms with Crippen molar-refractivity contribution in [1.82, 2.24) is 0 Å². The summed E-state index contributed by atoms with van der Waals surface area (Å²) < 4.78 is 5.39. The second-order valence-electron chi connectivity index (χ2n) is 9.34. The summed E-state index contributed by atoms with van der Waals surface area (Å²) in [6, 6.07) is 0. The number of esters is 1. The normalized spacial score (nSPS) is 12.2. The van der Waals surface area contributed by atoms with Crippen LogP contribution < -0.4 is 0 Å². The average molecular weight is 473 g/mol. The van der Waals surface area contributed by atoms with E-state index in [2.05, 4.69) is 62.5 Å². The molecule has 0 saturated carbocycles. The molecule has 0 bridgehead atoms. The third-order valence-corrected chi connectivity index (χ3v) is 5.95. The molecule has 196 valence electrons. The van der Waals surface area contributed by atoms with E-state index in [1.165, 1.54) is 83.5 Å². The van der Waals surface area contributed by atoms with Gasteiger partial charge in [-0.25, -0.2) is 0 Å². The SMILES string of the molecule is CC/C=C\C/C=C\C/C=C\CCCCCCCC(=O)OCCCCCCCC/C=C\CCCC. The zero-order valence-corrected chi connectivity index (χ0v) is 22.8. The van der Waals surface area contributed by atoms with Gasteiger partial charge in [-0.05, 0) is 64.2 Å². The lowest BCUT2D eigenvalue weighted by Gasteiger charge is -2.05. The van der Waals surface area contributed by atoms with Crippen LogP contribution in [0.1, 0.15) is 142 Å². The van der Waals surface area contributed by atoms with Crippen molar-refractivity contribution in [2.45, 2.75) is 142 Å². The summed E-state index contributed by atoms with van der Waals surface area (Å²) in [6.07, 6.45) is 41.4. The Balaban J connectivity index is 3.29. The van der Waals surface area contributed by atoms with E-state index >= 15 is 0 Å². The van der Waals surface area contributed by atoms with Gasteiger partial charge in [0.15, 0.2) is 0 Å². The molecule has 2 heteroatoms. The maximum absolute atomic E-state index is 11.8. The summed E-state index contributed by atoms with van der Waals surface area (Å²) in [5.41, 5.74) is 0. The van der Waals surface area contributed by atoms with E-state index in [1.807, 2.05) is 0 Å². The number of unbranched alkanes of at least 4 members (excludes halogenated alkanes) is 13. The second kappa shape index (κ2) is 29.5. The number of carbonyl (C=O) groups excluding carboxylic acids is 1. The van der Waals surface area contributed by atoms with Crippen molar-refractivity contribution >= 4 is 5.97 Å². The molecule has 0 fully saturated rings. The standard InChI is InChI=1S/C32H56O2/c1-3-5-7-9-11-13-15-17-18-19-20-22-24-26-28-30-32(33)34-31-29-27-25-23-21-16-14-12-10-8-6-4-2/h5,7,10-13,17-18H,3-4,6,8-9,14-16,19-31H2,1-2H3/b7-5-,12-10-,13-11-,18-17-. The van der Waals surface area contributed by atoms with E-state index in [-0.39, 0.29) is 5.97 Å². The summed E-state index contributed by atoms with van der Waals surface area (Å²) >= 11 is 0. The van der Waals surface area contributed by atoms with Crippen LogP contribution in [0.2, 0.25) is 0 Å². The molecule has 2 nitrogen and oxygen atoms in total. The van der Waals surface area contributed by atoms with Gasteiger partial charge in [0.2, 0.25) is 0 Å². The topological polar surface area (TPSA) is 26.3 Å². The fourth-order valence-electron chi connectivity index (χ4n) is 3.78. The van der Waals surface area contributed by atoms with Crippen molar-refractivity contribution in [2.75, 3.05) is 6.61 Å². The Hall–Kier alpha value is -1.57. The lowest BCUT2D eigenvalue weighted by Crippen LogP contribution is -2.05. The van der Waals surface area contributed by atoms with Crippen LogP contribution in [-0.4, -0.2) is 12.6 Å². The molecule has 0 amide bonds. The third-order valence-electron chi connectivity index (χ3n) is 5.95. The first-order chi connectivity index (χ1) is 16.8. The predicted octanol–water partition coefficient (Wildman–Crippen LogP) is 10.6.